The molecule has 5 nitrogen and oxygen atoms in total. The van der Waals surface area contributed by atoms with E-state index in [9.17, 15) is 23.1 Å². The van der Waals surface area contributed by atoms with Crippen molar-refractivity contribution >= 4 is 23.0 Å². The monoisotopic (exact) mass is 411 g/mol. The number of hydrogen-bond donors (Lipinski definition) is 1. The lowest BCUT2D eigenvalue weighted by Crippen LogP contribution is -2.56. The maximum absolute atomic E-state index is 13.6. The Morgan fingerprint density at radius 1 is 1.29 bits per heavy atom. The second-order valence-electron chi connectivity index (χ2n) is 6.73. The van der Waals surface area contributed by atoms with E-state index in [4.69, 9.17) is 0 Å². The van der Waals surface area contributed by atoms with Gasteiger partial charge in [-0.3, -0.25) is 4.79 Å². The number of aliphatic hydroxyl groups is 1. The zero-order valence-corrected chi connectivity index (χ0v) is 16.3. The number of hydrogen-bond acceptors (Lipinski definition) is 5. The van der Waals surface area contributed by atoms with Crippen molar-refractivity contribution in [2.24, 2.45) is 5.10 Å². The standard InChI is InChI=1S/C19H20F3N3O2S/c1-12-17(28-13(2)23-12)15-11-18(27,19(20,21)22)25(24-15)16(26)10-6-9-14-7-4-3-5-8-14/h3-5,7-8,27H,6,9-11H2,1-2H3. The minimum atomic E-state index is -5.03. The molecule has 1 N–H and O–H groups in total. The van der Waals surface area contributed by atoms with Gasteiger partial charge < -0.3 is 5.11 Å². The SMILES string of the molecule is Cc1nc(C)c(C2=NN(C(=O)CCCc3ccccc3)C(O)(C(F)(F)F)C2)s1. The Kier molecular flexibility index (Phi) is 5.58. The van der Waals surface area contributed by atoms with E-state index in [0.717, 1.165) is 5.56 Å². The van der Waals surface area contributed by atoms with Gasteiger partial charge in [0.1, 0.15) is 0 Å². The van der Waals surface area contributed by atoms with E-state index in [1.807, 2.05) is 30.3 Å². The third-order valence-corrected chi connectivity index (χ3v) is 5.66. The predicted molar refractivity (Wildman–Crippen MR) is 100.0 cm³/mol. The number of hydrazone groups is 1. The van der Waals surface area contributed by atoms with Crippen LogP contribution in [0, 0.1) is 13.8 Å². The Labute approximate surface area is 164 Å². The highest BCUT2D eigenvalue weighted by atomic mass is 32.1. The van der Waals surface area contributed by atoms with E-state index in [0.29, 0.717) is 28.4 Å². The Morgan fingerprint density at radius 3 is 2.54 bits per heavy atom. The highest BCUT2D eigenvalue weighted by Gasteiger charge is 2.63. The number of aromatic nitrogens is 1. The van der Waals surface area contributed by atoms with Crippen LogP contribution >= 0.6 is 11.3 Å². The second kappa shape index (κ2) is 7.63. The largest absolute Gasteiger partial charge is 0.438 e. The fourth-order valence-corrected chi connectivity index (χ4v) is 4.05. The molecule has 0 radical (unpaired) electrons. The normalized spacial score (nSPS) is 19.8. The van der Waals surface area contributed by atoms with Crippen LogP contribution in [0.4, 0.5) is 13.2 Å². The molecule has 28 heavy (non-hydrogen) atoms. The molecule has 3 rings (SSSR count). The number of benzene rings is 1. The summed E-state index contributed by atoms with van der Waals surface area (Å²) < 4.78 is 40.8. The molecule has 0 fully saturated rings. The first-order valence-electron chi connectivity index (χ1n) is 8.80. The number of thiazole rings is 1. The maximum Gasteiger partial charge on any atom is 0.438 e. The van der Waals surface area contributed by atoms with E-state index >= 15 is 0 Å². The molecular weight excluding hydrogens is 391 g/mol. The molecule has 1 atom stereocenters. The van der Waals surface area contributed by atoms with Crippen molar-refractivity contribution in [2.75, 3.05) is 0 Å². The summed E-state index contributed by atoms with van der Waals surface area (Å²) in [5.74, 6) is -0.857. The lowest BCUT2D eigenvalue weighted by atomic mass is 10.0. The van der Waals surface area contributed by atoms with Crippen molar-refractivity contribution in [3.63, 3.8) is 0 Å². The number of amides is 1. The summed E-state index contributed by atoms with van der Waals surface area (Å²) >= 11 is 1.19. The van der Waals surface area contributed by atoms with Crippen LogP contribution in [0.1, 0.15) is 40.4 Å². The van der Waals surface area contributed by atoms with E-state index in [1.165, 1.54) is 11.3 Å². The number of carbonyl (C=O) groups excluding carboxylic acids is 1. The average molecular weight is 411 g/mol. The molecule has 0 saturated heterocycles. The van der Waals surface area contributed by atoms with Crippen molar-refractivity contribution < 1.29 is 23.1 Å². The highest BCUT2D eigenvalue weighted by Crippen LogP contribution is 2.42. The molecule has 0 saturated carbocycles. The molecule has 150 valence electrons. The predicted octanol–water partition coefficient (Wildman–Crippen LogP) is 3.97. The van der Waals surface area contributed by atoms with Crippen LogP contribution in [0.15, 0.2) is 35.4 Å². The van der Waals surface area contributed by atoms with E-state index in [2.05, 4.69) is 10.1 Å². The van der Waals surface area contributed by atoms with Gasteiger partial charge in [-0.25, -0.2) is 4.98 Å². The van der Waals surface area contributed by atoms with E-state index in [1.54, 1.807) is 13.8 Å². The van der Waals surface area contributed by atoms with E-state index in [-0.39, 0.29) is 17.1 Å². The molecule has 0 aliphatic carbocycles. The van der Waals surface area contributed by atoms with Crippen molar-refractivity contribution in [1.29, 1.82) is 0 Å². The maximum atomic E-state index is 13.6. The van der Waals surface area contributed by atoms with Gasteiger partial charge in [-0.05, 0) is 32.3 Å². The highest BCUT2D eigenvalue weighted by molar-refractivity contribution is 7.13. The smallest absolute Gasteiger partial charge is 0.362 e. The molecule has 0 spiro atoms. The summed E-state index contributed by atoms with van der Waals surface area (Å²) in [6.07, 6.45) is -5.07. The van der Waals surface area contributed by atoms with Gasteiger partial charge in [0.25, 0.3) is 5.72 Å². The molecule has 0 bridgehead atoms. The van der Waals surface area contributed by atoms with Gasteiger partial charge in [0.15, 0.2) is 0 Å². The molecule has 2 heterocycles. The number of aryl methyl sites for hydroxylation is 3. The van der Waals surface area contributed by atoms with Crippen LogP contribution in [0.3, 0.4) is 0 Å². The minimum Gasteiger partial charge on any atom is -0.362 e. The van der Waals surface area contributed by atoms with Gasteiger partial charge in [0.05, 0.1) is 27.7 Å². The number of halogens is 3. The van der Waals surface area contributed by atoms with Gasteiger partial charge >= 0.3 is 6.18 Å². The Bertz CT molecular complexity index is 896. The van der Waals surface area contributed by atoms with Crippen LogP contribution in [0.2, 0.25) is 0 Å². The lowest BCUT2D eigenvalue weighted by molar-refractivity contribution is -0.302. The Hall–Kier alpha value is -2.26. The summed E-state index contributed by atoms with van der Waals surface area (Å²) in [6.45, 7) is 3.40. The average Bonchev–Trinajstić information content (AvgIpc) is 3.15. The summed E-state index contributed by atoms with van der Waals surface area (Å²) in [7, 11) is 0. The quantitative estimate of drug-likeness (QED) is 0.810. The molecule has 1 aliphatic heterocycles. The molecule has 1 aliphatic rings. The topological polar surface area (TPSA) is 65.8 Å². The van der Waals surface area contributed by atoms with Crippen LogP contribution in [-0.2, 0) is 11.2 Å². The molecule has 1 aromatic carbocycles. The van der Waals surface area contributed by atoms with Crippen molar-refractivity contribution in [3.05, 3.63) is 51.5 Å². The number of rotatable bonds is 5. The van der Waals surface area contributed by atoms with Crippen molar-refractivity contribution in [1.82, 2.24) is 9.99 Å². The van der Waals surface area contributed by atoms with Crippen LogP contribution in [0.5, 0.6) is 0 Å². The number of carbonyl (C=O) groups is 1. The lowest BCUT2D eigenvalue weighted by Gasteiger charge is -2.32. The van der Waals surface area contributed by atoms with Gasteiger partial charge in [0.2, 0.25) is 5.91 Å². The molecule has 9 heteroatoms. The van der Waals surface area contributed by atoms with Gasteiger partial charge in [-0.2, -0.15) is 23.3 Å². The first-order valence-corrected chi connectivity index (χ1v) is 9.61. The Balaban J connectivity index is 1.80. The van der Waals surface area contributed by atoms with E-state index < -0.39 is 24.2 Å². The van der Waals surface area contributed by atoms with Crippen molar-refractivity contribution in [3.8, 4) is 0 Å². The summed E-state index contributed by atoms with van der Waals surface area (Å²) in [4.78, 5) is 17.2. The van der Waals surface area contributed by atoms with Crippen LogP contribution in [-0.4, -0.2) is 38.6 Å². The number of alkyl halides is 3. The zero-order valence-electron chi connectivity index (χ0n) is 15.5. The van der Waals surface area contributed by atoms with Gasteiger partial charge in [-0.15, -0.1) is 11.3 Å². The molecular formula is C19H20F3N3O2S. The third kappa shape index (κ3) is 3.95. The molecule has 1 unspecified atom stereocenters. The van der Waals surface area contributed by atoms with Gasteiger partial charge in [-0.1, -0.05) is 30.3 Å². The van der Waals surface area contributed by atoms with Crippen LogP contribution < -0.4 is 0 Å². The molecule has 2 aromatic rings. The summed E-state index contributed by atoms with van der Waals surface area (Å²) in [5, 5.41) is 15.1. The second-order valence-corrected chi connectivity index (χ2v) is 7.93. The molecule has 1 amide bonds. The first kappa shape index (κ1) is 20.5. The summed E-state index contributed by atoms with van der Waals surface area (Å²) in [6, 6.07) is 9.35. The fraction of sp³-hybridized carbons (Fsp3) is 0.421. The Morgan fingerprint density at radius 2 is 1.96 bits per heavy atom. The van der Waals surface area contributed by atoms with Gasteiger partial charge in [0, 0.05) is 6.42 Å². The third-order valence-electron chi connectivity index (χ3n) is 4.54. The van der Waals surface area contributed by atoms with Crippen LogP contribution in [0.25, 0.3) is 0 Å². The van der Waals surface area contributed by atoms with Crippen molar-refractivity contribution in [2.45, 2.75) is 51.4 Å². The molecule has 1 aromatic heterocycles. The first-order chi connectivity index (χ1) is 13.1. The minimum absolute atomic E-state index is 0.0272. The fourth-order valence-electron chi connectivity index (χ4n) is 3.15. The zero-order chi connectivity index (χ0) is 20.5. The summed E-state index contributed by atoms with van der Waals surface area (Å²) in [5.41, 5.74) is -1.79. The number of nitrogens with zero attached hydrogens (tertiary/aromatic N) is 3.